The molecule has 1 N–H and O–H groups in total. The molecule has 0 atom stereocenters. The molecule has 0 bridgehead atoms. The van der Waals surface area contributed by atoms with E-state index in [-0.39, 0.29) is 5.91 Å². The molecular formula is C19H20ClN3O2. The van der Waals surface area contributed by atoms with Gasteiger partial charge in [0.05, 0.1) is 18.5 Å². The first kappa shape index (κ1) is 17.3. The lowest BCUT2D eigenvalue weighted by molar-refractivity contribution is 0.102. The molecule has 1 aromatic carbocycles. The van der Waals surface area contributed by atoms with E-state index < -0.39 is 0 Å². The smallest absolute Gasteiger partial charge is 0.274 e. The van der Waals surface area contributed by atoms with Crippen molar-refractivity contribution in [2.45, 2.75) is 26.7 Å². The maximum absolute atomic E-state index is 13.0. The third-order valence-corrected chi connectivity index (χ3v) is 4.19. The molecule has 130 valence electrons. The van der Waals surface area contributed by atoms with Gasteiger partial charge < -0.3 is 10.1 Å². The minimum Gasteiger partial charge on any atom is -0.495 e. The van der Waals surface area contributed by atoms with Crippen LogP contribution in [0.3, 0.4) is 0 Å². The van der Waals surface area contributed by atoms with Crippen molar-refractivity contribution < 1.29 is 9.53 Å². The highest BCUT2D eigenvalue weighted by Crippen LogP contribution is 2.28. The van der Waals surface area contributed by atoms with Gasteiger partial charge in [-0.2, -0.15) is 0 Å². The normalized spacial score (nSPS) is 10.9. The monoisotopic (exact) mass is 357 g/mol. The summed E-state index contributed by atoms with van der Waals surface area (Å²) in [7, 11) is 1.55. The van der Waals surface area contributed by atoms with Gasteiger partial charge in [-0.15, -0.1) is 0 Å². The van der Waals surface area contributed by atoms with Crippen LogP contribution in [0.4, 0.5) is 5.69 Å². The number of halogens is 1. The van der Waals surface area contributed by atoms with Gasteiger partial charge in [0.15, 0.2) is 0 Å². The molecule has 0 fully saturated rings. The fraction of sp³-hybridized carbons (Fsp3) is 0.263. The molecule has 3 rings (SSSR count). The second kappa shape index (κ2) is 7.15. The lowest BCUT2D eigenvalue weighted by Gasteiger charge is -2.11. The summed E-state index contributed by atoms with van der Waals surface area (Å²) in [4.78, 5) is 17.6. The van der Waals surface area contributed by atoms with Gasteiger partial charge in [0.25, 0.3) is 5.91 Å². The second-order valence-electron chi connectivity index (χ2n) is 5.89. The lowest BCUT2D eigenvalue weighted by atomic mass is 10.2. The number of anilines is 1. The van der Waals surface area contributed by atoms with E-state index in [1.807, 2.05) is 29.7 Å². The summed E-state index contributed by atoms with van der Waals surface area (Å²) in [5, 5.41) is 3.43. The second-order valence-corrected chi connectivity index (χ2v) is 6.33. The fourth-order valence-corrected chi connectivity index (χ4v) is 2.98. The summed E-state index contributed by atoms with van der Waals surface area (Å²) in [5.41, 5.74) is 3.68. The highest BCUT2D eigenvalue weighted by atomic mass is 35.5. The van der Waals surface area contributed by atoms with Crippen LogP contribution in [-0.2, 0) is 6.42 Å². The maximum Gasteiger partial charge on any atom is 0.274 e. The van der Waals surface area contributed by atoms with Crippen molar-refractivity contribution in [3.8, 4) is 5.75 Å². The van der Waals surface area contributed by atoms with E-state index >= 15 is 0 Å². The van der Waals surface area contributed by atoms with Gasteiger partial charge in [-0.3, -0.25) is 9.20 Å². The van der Waals surface area contributed by atoms with Gasteiger partial charge in [-0.1, -0.05) is 31.0 Å². The average molecular weight is 358 g/mol. The van der Waals surface area contributed by atoms with Gasteiger partial charge in [0, 0.05) is 11.2 Å². The van der Waals surface area contributed by atoms with Crippen LogP contribution in [-0.4, -0.2) is 22.4 Å². The molecule has 5 nitrogen and oxygen atoms in total. The molecule has 0 saturated carbocycles. The Morgan fingerprint density at radius 3 is 2.84 bits per heavy atom. The van der Waals surface area contributed by atoms with Gasteiger partial charge in [0.1, 0.15) is 17.1 Å². The largest absolute Gasteiger partial charge is 0.495 e. The van der Waals surface area contributed by atoms with E-state index in [9.17, 15) is 4.79 Å². The Bertz CT molecular complexity index is 934. The van der Waals surface area contributed by atoms with Gasteiger partial charge in [0.2, 0.25) is 0 Å². The number of carbonyl (C=O) groups excluding carboxylic acids is 1. The van der Waals surface area contributed by atoms with Gasteiger partial charge in [-0.05, 0) is 43.2 Å². The molecule has 0 radical (unpaired) electrons. The summed E-state index contributed by atoms with van der Waals surface area (Å²) >= 11 is 6.05. The number of hydrogen-bond donors (Lipinski definition) is 1. The van der Waals surface area contributed by atoms with E-state index in [1.165, 1.54) is 0 Å². The van der Waals surface area contributed by atoms with Crippen molar-refractivity contribution in [2.75, 3.05) is 12.4 Å². The Morgan fingerprint density at radius 1 is 1.32 bits per heavy atom. The number of hydrogen-bond acceptors (Lipinski definition) is 3. The summed E-state index contributed by atoms with van der Waals surface area (Å²) in [6, 6.07) is 9.02. The van der Waals surface area contributed by atoms with Crippen LogP contribution in [0.25, 0.3) is 5.65 Å². The number of amides is 1. The Hall–Kier alpha value is -2.53. The summed E-state index contributed by atoms with van der Waals surface area (Å²) < 4.78 is 7.15. The summed E-state index contributed by atoms with van der Waals surface area (Å²) in [5.74, 6) is 0.321. The zero-order chi connectivity index (χ0) is 18.0. The van der Waals surface area contributed by atoms with Gasteiger partial charge >= 0.3 is 0 Å². The summed E-state index contributed by atoms with van der Waals surface area (Å²) in [6.07, 6.45) is 3.56. The quantitative estimate of drug-likeness (QED) is 0.731. The van der Waals surface area contributed by atoms with Crippen LogP contribution < -0.4 is 10.1 Å². The van der Waals surface area contributed by atoms with Crippen molar-refractivity contribution in [3.05, 3.63) is 58.5 Å². The van der Waals surface area contributed by atoms with E-state index in [2.05, 4.69) is 17.2 Å². The standard InChI is InChI=1S/C19H20ClN3O2/c1-4-5-14-18(23-11-12(2)6-9-17(23)21-14)19(24)22-15-10-13(20)7-8-16(15)25-3/h6-11H,4-5H2,1-3H3,(H,22,24). The number of rotatable bonds is 5. The third-order valence-electron chi connectivity index (χ3n) is 3.95. The molecule has 6 heteroatoms. The lowest BCUT2D eigenvalue weighted by Crippen LogP contribution is -2.17. The zero-order valence-electron chi connectivity index (χ0n) is 14.5. The topological polar surface area (TPSA) is 55.6 Å². The first-order valence-corrected chi connectivity index (χ1v) is 8.53. The molecule has 2 heterocycles. The number of carbonyl (C=O) groups is 1. The van der Waals surface area contributed by atoms with Crippen molar-refractivity contribution in [1.29, 1.82) is 0 Å². The number of pyridine rings is 1. The van der Waals surface area contributed by atoms with Crippen LogP contribution in [0.15, 0.2) is 36.5 Å². The predicted octanol–water partition coefficient (Wildman–Crippen LogP) is 4.51. The first-order valence-electron chi connectivity index (χ1n) is 8.16. The Balaban J connectivity index is 2.06. The molecule has 0 spiro atoms. The number of ether oxygens (including phenoxy) is 1. The number of imidazole rings is 1. The minimum absolute atomic E-state index is 0.234. The Morgan fingerprint density at radius 2 is 2.12 bits per heavy atom. The SMILES string of the molecule is CCCc1nc2ccc(C)cn2c1C(=O)Nc1cc(Cl)ccc1OC. The van der Waals surface area contributed by atoms with E-state index in [4.69, 9.17) is 16.3 Å². The zero-order valence-corrected chi connectivity index (χ0v) is 15.2. The van der Waals surface area contributed by atoms with E-state index in [0.29, 0.717) is 22.2 Å². The Kier molecular flexibility index (Phi) is 4.95. The molecule has 0 saturated heterocycles. The molecule has 1 amide bonds. The van der Waals surface area contributed by atoms with Crippen molar-refractivity contribution >= 4 is 28.8 Å². The average Bonchev–Trinajstić information content (AvgIpc) is 2.92. The van der Waals surface area contributed by atoms with Crippen LogP contribution in [0.5, 0.6) is 5.75 Å². The molecule has 2 aromatic heterocycles. The fourth-order valence-electron chi connectivity index (χ4n) is 2.81. The van der Waals surface area contributed by atoms with Crippen molar-refractivity contribution in [2.24, 2.45) is 0 Å². The molecular weight excluding hydrogens is 338 g/mol. The number of aromatic nitrogens is 2. The molecule has 0 aliphatic heterocycles. The Labute approximate surface area is 151 Å². The molecule has 3 aromatic rings. The number of benzene rings is 1. The molecule has 0 aliphatic rings. The number of nitrogens with zero attached hydrogens (tertiary/aromatic N) is 2. The number of fused-ring (bicyclic) bond motifs is 1. The minimum atomic E-state index is -0.234. The van der Waals surface area contributed by atoms with Gasteiger partial charge in [-0.25, -0.2) is 4.98 Å². The van der Waals surface area contributed by atoms with Crippen LogP contribution in [0, 0.1) is 6.92 Å². The maximum atomic E-state index is 13.0. The highest BCUT2D eigenvalue weighted by Gasteiger charge is 2.20. The van der Waals surface area contributed by atoms with Crippen LogP contribution >= 0.6 is 11.6 Å². The van der Waals surface area contributed by atoms with E-state index in [0.717, 1.165) is 29.7 Å². The van der Waals surface area contributed by atoms with E-state index in [1.54, 1.807) is 25.3 Å². The van der Waals surface area contributed by atoms with Crippen LogP contribution in [0.1, 0.15) is 35.1 Å². The molecule has 0 aliphatic carbocycles. The third kappa shape index (κ3) is 3.46. The first-order chi connectivity index (χ1) is 12.0. The summed E-state index contributed by atoms with van der Waals surface area (Å²) in [6.45, 7) is 4.05. The van der Waals surface area contributed by atoms with Crippen molar-refractivity contribution in [1.82, 2.24) is 9.38 Å². The molecule has 0 unspecified atom stereocenters. The predicted molar refractivity (Wildman–Crippen MR) is 99.9 cm³/mol. The number of methoxy groups -OCH3 is 1. The molecule has 25 heavy (non-hydrogen) atoms. The van der Waals surface area contributed by atoms with Crippen molar-refractivity contribution in [3.63, 3.8) is 0 Å². The van der Waals surface area contributed by atoms with Crippen LogP contribution in [0.2, 0.25) is 5.02 Å². The highest BCUT2D eigenvalue weighted by molar-refractivity contribution is 6.31. The number of nitrogens with one attached hydrogen (secondary N) is 1. The number of aryl methyl sites for hydroxylation is 2.